The Morgan fingerprint density at radius 3 is 2.25 bits per heavy atom. The summed E-state index contributed by atoms with van der Waals surface area (Å²) in [5.41, 5.74) is 0.250. The van der Waals surface area contributed by atoms with E-state index in [0.717, 1.165) is 17.7 Å². The van der Waals surface area contributed by atoms with E-state index in [4.69, 9.17) is 0 Å². The predicted molar refractivity (Wildman–Crippen MR) is 58.0 cm³/mol. The van der Waals surface area contributed by atoms with Crippen molar-refractivity contribution in [3.8, 4) is 0 Å². The van der Waals surface area contributed by atoms with Gasteiger partial charge in [-0.1, -0.05) is 18.2 Å². The van der Waals surface area contributed by atoms with Gasteiger partial charge >= 0.3 is 6.18 Å². The van der Waals surface area contributed by atoms with E-state index in [9.17, 15) is 13.2 Å². The maximum atomic E-state index is 12.3. The molecule has 0 N–H and O–H groups in total. The molecule has 0 unspecified atom stereocenters. The lowest BCUT2D eigenvalue weighted by Crippen LogP contribution is -2.17. The number of likely N-dealkylation sites (N-methyl/N-ethyl adjacent to an activating group) is 1. The Hall–Kier alpha value is -1.29. The average molecular weight is 229 g/mol. The quantitative estimate of drug-likeness (QED) is 0.716. The Morgan fingerprint density at radius 2 is 1.81 bits per heavy atom. The highest BCUT2D eigenvalue weighted by atomic mass is 19.4. The number of hydrogen-bond acceptors (Lipinski definition) is 1. The molecule has 0 amide bonds. The van der Waals surface area contributed by atoms with Gasteiger partial charge in [-0.2, -0.15) is 13.2 Å². The molecule has 0 radical (unpaired) electrons. The Labute approximate surface area is 93.2 Å². The molecular formula is C12H14F3N. The number of hydrogen-bond donors (Lipinski definition) is 0. The smallest absolute Gasteiger partial charge is 0.298 e. The maximum Gasteiger partial charge on any atom is 0.416 e. The SMILES string of the molecule is C=CCN(C)Cc1ccc(C(F)(F)F)cc1. The average Bonchev–Trinajstić information content (AvgIpc) is 2.17. The molecule has 0 aromatic heterocycles. The zero-order chi connectivity index (χ0) is 12.2. The number of alkyl halides is 3. The summed E-state index contributed by atoms with van der Waals surface area (Å²) in [6, 6.07) is 5.22. The Bertz CT molecular complexity index is 340. The third kappa shape index (κ3) is 3.70. The van der Waals surface area contributed by atoms with Crippen molar-refractivity contribution < 1.29 is 13.2 Å². The Morgan fingerprint density at radius 1 is 1.25 bits per heavy atom. The van der Waals surface area contributed by atoms with E-state index in [1.807, 2.05) is 11.9 Å². The van der Waals surface area contributed by atoms with Crippen molar-refractivity contribution in [3.63, 3.8) is 0 Å². The van der Waals surface area contributed by atoms with Crippen LogP contribution in [0, 0.1) is 0 Å². The van der Waals surface area contributed by atoms with Gasteiger partial charge in [0.05, 0.1) is 5.56 Å². The fourth-order valence-corrected chi connectivity index (χ4v) is 1.40. The van der Waals surface area contributed by atoms with Crippen LogP contribution in [0.15, 0.2) is 36.9 Å². The number of rotatable bonds is 4. The van der Waals surface area contributed by atoms with Crippen molar-refractivity contribution in [3.05, 3.63) is 48.0 Å². The molecule has 0 aliphatic carbocycles. The summed E-state index contributed by atoms with van der Waals surface area (Å²) in [6.07, 6.45) is -2.50. The van der Waals surface area contributed by atoms with Crippen LogP contribution >= 0.6 is 0 Å². The number of nitrogens with zero attached hydrogens (tertiary/aromatic N) is 1. The molecule has 0 spiro atoms. The molecule has 0 bridgehead atoms. The molecule has 0 saturated heterocycles. The van der Waals surface area contributed by atoms with Gasteiger partial charge in [0, 0.05) is 13.1 Å². The normalized spacial score (nSPS) is 11.8. The minimum atomic E-state index is -4.26. The third-order valence-electron chi connectivity index (χ3n) is 2.17. The van der Waals surface area contributed by atoms with Crippen LogP contribution < -0.4 is 0 Å². The van der Waals surface area contributed by atoms with Crippen LogP contribution in [0.3, 0.4) is 0 Å². The molecule has 0 heterocycles. The zero-order valence-electron chi connectivity index (χ0n) is 9.09. The lowest BCUT2D eigenvalue weighted by molar-refractivity contribution is -0.137. The first-order valence-electron chi connectivity index (χ1n) is 4.89. The van der Waals surface area contributed by atoms with Crippen LogP contribution in [0.1, 0.15) is 11.1 Å². The van der Waals surface area contributed by atoms with Gasteiger partial charge in [0.15, 0.2) is 0 Å². The van der Waals surface area contributed by atoms with Crippen molar-refractivity contribution in [2.75, 3.05) is 13.6 Å². The lowest BCUT2D eigenvalue weighted by atomic mass is 10.1. The standard InChI is InChI=1S/C12H14F3N/c1-3-8-16(2)9-10-4-6-11(7-5-10)12(13,14)15/h3-7H,1,8-9H2,2H3. The molecule has 0 aliphatic rings. The van der Waals surface area contributed by atoms with E-state index in [2.05, 4.69) is 6.58 Å². The predicted octanol–water partition coefficient (Wildman–Crippen LogP) is 3.32. The number of halogens is 3. The molecule has 4 heteroatoms. The van der Waals surface area contributed by atoms with Crippen molar-refractivity contribution in [2.45, 2.75) is 12.7 Å². The second-order valence-electron chi connectivity index (χ2n) is 3.68. The highest BCUT2D eigenvalue weighted by Gasteiger charge is 2.29. The molecule has 88 valence electrons. The minimum absolute atomic E-state index is 0.609. The molecule has 0 atom stereocenters. The van der Waals surface area contributed by atoms with Crippen molar-refractivity contribution in [2.24, 2.45) is 0 Å². The van der Waals surface area contributed by atoms with Crippen molar-refractivity contribution >= 4 is 0 Å². The van der Waals surface area contributed by atoms with Gasteiger partial charge in [0.25, 0.3) is 0 Å². The molecule has 0 fully saturated rings. The van der Waals surface area contributed by atoms with Crippen LogP contribution in [0.4, 0.5) is 13.2 Å². The van der Waals surface area contributed by atoms with Crippen molar-refractivity contribution in [1.29, 1.82) is 0 Å². The largest absolute Gasteiger partial charge is 0.416 e. The molecule has 0 aliphatic heterocycles. The Kier molecular flexibility index (Phi) is 4.12. The fraction of sp³-hybridized carbons (Fsp3) is 0.333. The molecule has 1 rings (SSSR count). The molecule has 1 nitrogen and oxygen atoms in total. The zero-order valence-corrected chi connectivity index (χ0v) is 9.09. The molecular weight excluding hydrogens is 215 g/mol. The number of benzene rings is 1. The van der Waals surface area contributed by atoms with Crippen LogP contribution in [-0.2, 0) is 12.7 Å². The lowest BCUT2D eigenvalue weighted by Gasteiger charge is -2.14. The molecule has 0 saturated carbocycles. The van der Waals surface area contributed by atoms with E-state index >= 15 is 0 Å². The van der Waals surface area contributed by atoms with E-state index in [1.54, 1.807) is 6.08 Å². The first kappa shape index (κ1) is 12.8. The van der Waals surface area contributed by atoms with E-state index in [0.29, 0.717) is 13.1 Å². The van der Waals surface area contributed by atoms with Crippen molar-refractivity contribution in [1.82, 2.24) is 4.90 Å². The second-order valence-corrected chi connectivity index (χ2v) is 3.68. The molecule has 1 aromatic rings. The van der Waals surface area contributed by atoms with Crippen LogP contribution in [0.25, 0.3) is 0 Å². The van der Waals surface area contributed by atoms with E-state index in [1.165, 1.54) is 12.1 Å². The van der Waals surface area contributed by atoms with Gasteiger partial charge in [-0.3, -0.25) is 4.90 Å². The summed E-state index contributed by atoms with van der Waals surface area (Å²) < 4.78 is 36.8. The summed E-state index contributed by atoms with van der Waals surface area (Å²) in [7, 11) is 1.89. The fourth-order valence-electron chi connectivity index (χ4n) is 1.40. The first-order valence-corrected chi connectivity index (χ1v) is 4.89. The molecule has 16 heavy (non-hydrogen) atoms. The van der Waals surface area contributed by atoms with E-state index < -0.39 is 11.7 Å². The minimum Gasteiger partial charge on any atom is -0.298 e. The summed E-state index contributed by atoms with van der Waals surface area (Å²) in [4.78, 5) is 1.97. The topological polar surface area (TPSA) is 3.24 Å². The Balaban J connectivity index is 2.68. The van der Waals surface area contributed by atoms with Gasteiger partial charge in [-0.15, -0.1) is 6.58 Å². The summed E-state index contributed by atoms with van der Waals surface area (Å²) >= 11 is 0. The van der Waals surface area contributed by atoms with Gasteiger partial charge in [-0.25, -0.2) is 0 Å². The molecule has 1 aromatic carbocycles. The highest BCUT2D eigenvalue weighted by molar-refractivity contribution is 5.24. The van der Waals surface area contributed by atoms with Crippen LogP contribution in [-0.4, -0.2) is 18.5 Å². The van der Waals surface area contributed by atoms with Crippen LogP contribution in [0.2, 0.25) is 0 Å². The first-order chi connectivity index (χ1) is 7.43. The summed E-state index contributed by atoms with van der Waals surface area (Å²) in [5.74, 6) is 0. The maximum absolute atomic E-state index is 12.3. The van der Waals surface area contributed by atoms with E-state index in [-0.39, 0.29) is 0 Å². The van der Waals surface area contributed by atoms with Gasteiger partial charge in [0.2, 0.25) is 0 Å². The highest BCUT2D eigenvalue weighted by Crippen LogP contribution is 2.29. The van der Waals surface area contributed by atoms with Gasteiger partial charge in [-0.05, 0) is 24.7 Å². The van der Waals surface area contributed by atoms with Crippen LogP contribution in [0.5, 0.6) is 0 Å². The summed E-state index contributed by atoms with van der Waals surface area (Å²) in [6.45, 7) is 4.92. The summed E-state index contributed by atoms with van der Waals surface area (Å²) in [5, 5.41) is 0. The van der Waals surface area contributed by atoms with Gasteiger partial charge < -0.3 is 0 Å². The monoisotopic (exact) mass is 229 g/mol. The third-order valence-corrected chi connectivity index (χ3v) is 2.17. The second kappa shape index (κ2) is 5.16. The van der Waals surface area contributed by atoms with Gasteiger partial charge in [0.1, 0.15) is 0 Å².